The summed E-state index contributed by atoms with van der Waals surface area (Å²) in [6, 6.07) is 3.02. The van der Waals surface area contributed by atoms with Gasteiger partial charge in [-0.15, -0.1) is 0 Å². The number of nitrogens with one attached hydrogen (secondary N) is 3. The van der Waals surface area contributed by atoms with Crippen molar-refractivity contribution in [2.45, 2.75) is 19.4 Å². The van der Waals surface area contributed by atoms with Gasteiger partial charge < -0.3 is 21.1 Å². The molecular formula is C13H18N4O4. The number of aliphatic hydroxyl groups excluding tert-OH is 1. The van der Waals surface area contributed by atoms with Gasteiger partial charge in [-0.3, -0.25) is 14.9 Å². The van der Waals surface area contributed by atoms with E-state index < -0.39 is 11.0 Å². The first-order valence-electron chi connectivity index (χ1n) is 6.71. The summed E-state index contributed by atoms with van der Waals surface area (Å²) in [6.07, 6.45) is -0.263. The van der Waals surface area contributed by atoms with Crippen molar-refractivity contribution >= 4 is 23.0 Å². The van der Waals surface area contributed by atoms with Crippen molar-refractivity contribution in [1.29, 1.82) is 0 Å². The molecule has 1 aliphatic rings. The van der Waals surface area contributed by atoms with E-state index in [-0.39, 0.29) is 18.0 Å². The summed E-state index contributed by atoms with van der Waals surface area (Å²) >= 11 is 0. The molecule has 0 aliphatic carbocycles. The van der Waals surface area contributed by atoms with Crippen LogP contribution in [0.3, 0.4) is 0 Å². The van der Waals surface area contributed by atoms with E-state index in [1.54, 1.807) is 13.0 Å². The molecule has 1 amide bonds. The molecule has 114 valence electrons. The van der Waals surface area contributed by atoms with Crippen molar-refractivity contribution in [2.75, 3.05) is 30.3 Å². The van der Waals surface area contributed by atoms with Gasteiger partial charge in [0.15, 0.2) is 0 Å². The Bertz CT molecular complexity index is 559. The second kappa shape index (κ2) is 6.51. The van der Waals surface area contributed by atoms with Gasteiger partial charge in [0.25, 0.3) is 5.69 Å². The van der Waals surface area contributed by atoms with Crippen LogP contribution in [0.1, 0.15) is 12.5 Å². The molecule has 1 aromatic rings. The zero-order valence-electron chi connectivity index (χ0n) is 11.7. The number of carbonyl (C=O) groups is 1. The minimum atomic E-state index is -0.464. The van der Waals surface area contributed by atoms with Crippen LogP contribution in [0, 0.1) is 10.1 Å². The van der Waals surface area contributed by atoms with Gasteiger partial charge in [0.2, 0.25) is 5.91 Å². The highest BCUT2D eigenvalue weighted by atomic mass is 16.6. The molecule has 8 heteroatoms. The lowest BCUT2D eigenvalue weighted by Gasteiger charge is -2.10. The number of nitrogens with zero attached hydrogens (tertiary/aromatic N) is 1. The first-order valence-corrected chi connectivity index (χ1v) is 6.71. The second-order valence-corrected chi connectivity index (χ2v) is 4.99. The number of benzene rings is 1. The zero-order chi connectivity index (χ0) is 15.4. The maximum Gasteiger partial charge on any atom is 0.292 e. The highest BCUT2D eigenvalue weighted by Gasteiger charge is 2.24. The van der Waals surface area contributed by atoms with Crippen LogP contribution in [-0.2, 0) is 11.2 Å². The standard InChI is InChI=1S/C13H18N4O4/c1-8(18)7-14-2-3-15-11-6-10-9(5-13(19)16-10)4-12(11)17(20)21/h4,6,8,14-15,18H,2-3,5,7H2,1H3,(H,16,19). The predicted octanol–water partition coefficient (Wildman–Crippen LogP) is 0.472. The van der Waals surface area contributed by atoms with Crippen LogP contribution < -0.4 is 16.0 Å². The van der Waals surface area contributed by atoms with E-state index in [2.05, 4.69) is 16.0 Å². The molecule has 0 fully saturated rings. The van der Waals surface area contributed by atoms with Crippen LogP contribution in [0.4, 0.5) is 17.1 Å². The van der Waals surface area contributed by atoms with Crippen molar-refractivity contribution in [2.24, 2.45) is 0 Å². The molecule has 1 unspecified atom stereocenters. The van der Waals surface area contributed by atoms with Crippen molar-refractivity contribution in [3.05, 3.63) is 27.8 Å². The molecule has 2 rings (SSSR count). The lowest BCUT2D eigenvalue weighted by molar-refractivity contribution is -0.384. The number of hydrogen-bond acceptors (Lipinski definition) is 6. The summed E-state index contributed by atoms with van der Waals surface area (Å²) in [6.45, 7) is 3.17. The van der Waals surface area contributed by atoms with E-state index in [1.165, 1.54) is 6.07 Å². The number of hydrogen-bond donors (Lipinski definition) is 4. The van der Waals surface area contributed by atoms with Gasteiger partial charge in [-0.25, -0.2) is 0 Å². The minimum Gasteiger partial charge on any atom is -0.392 e. The van der Waals surface area contributed by atoms with Crippen LogP contribution >= 0.6 is 0 Å². The SMILES string of the molecule is CC(O)CNCCNc1cc2c(cc1[N+](=O)[O-])CC(=O)N2. The lowest BCUT2D eigenvalue weighted by Crippen LogP contribution is -2.29. The maximum atomic E-state index is 11.3. The van der Waals surface area contributed by atoms with E-state index in [1.807, 2.05) is 0 Å². The molecule has 0 bridgehead atoms. The van der Waals surface area contributed by atoms with Crippen molar-refractivity contribution in [3.63, 3.8) is 0 Å². The zero-order valence-corrected chi connectivity index (χ0v) is 11.7. The number of anilines is 2. The topological polar surface area (TPSA) is 117 Å². The van der Waals surface area contributed by atoms with Gasteiger partial charge >= 0.3 is 0 Å². The van der Waals surface area contributed by atoms with Gasteiger partial charge in [-0.1, -0.05) is 0 Å². The number of nitro benzene ring substituents is 1. The second-order valence-electron chi connectivity index (χ2n) is 4.99. The molecule has 1 aromatic carbocycles. The maximum absolute atomic E-state index is 11.3. The number of fused-ring (bicyclic) bond motifs is 1. The molecule has 1 aliphatic heterocycles. The largest absolute Gasteiger partial charge is 0.392 e. The molecule has 1 atom stereocenters. The molecule has 21 heavy (non-hydrogen) atoms. The van der Waals surface area contributed by atoms with Crippen molar-refractivity contribution in [3.8, 4) is 0 Å². The van der Waals surface area contributed by atoms with Crippen molar-refractivity contribution < 1.29 is 14.8 Å². The fraction of sp³-hybridized carbons (Fsp3) is 0.462. The summed E-state index contributed by atoms with van der Waals surface area (Å²) in [5.74, 6) is -0.157. The van der Waals surface area contributed by atoms with E-state index >= 15 is 0 Å². The Balaban J connectivity index is 2.03. The monoisotopic (exact) mass is 294 g/mol. The van der Waals surface area contributed by atoms with Gasteiger partial charge in [0, 0.05) is 31.4 Å². The van der Waals surface area contributed by atoms with Gasteiger partial charge in [0.1, 0.15) is 5.69 Å². The number of nitro groups is 1. The first-order chi connectivity index (χ1) is 9.97. The third-order valence-electron chi connectivity index (χ3n) is 3.10. The van der Waals surface area contributed by atoms with Crippen molar-refractivity contribution in [1.82, 2.24) is 5.32 Å². The number of carbonyl (C=O) groups excluding carboxylic acids is 1. The Morgan fingerprint density at radius 2 is 2.24 bits per heavy atom. The molecule has 0 radical (unpaired) electrons. The molecule has 0 spiro atoms. The highest BCUT2D eigenvalue weighted by molar-refractivity contribution is 6.00. The summed E-state index contributed by atoms with van der Waals surface area (Å²) in [4.78, 5) is 21.9. The molecule has 4 N–H and O–H groups in total. The quantitative estimate of drug-likeness (QED) is 0.330. The number of rotatable bonds is 7. The highest BCUT2D eigenvalue weighted by Crippen LogP contribution is 2.34. The third kappa shape index (κ3) is 3.89. The van der Waals surface area contributed by atoms with Crippen LogP contribution in [-0.4, -0.2) is 41.7 Å². The Labute approximate surface area is 121 Å². The summed E-state index contributed by atoms with van der Waals surface area (Å²) in [5.41, 5.74) is 1.59. The van der Waals surface area contributed by atoms with Crippen LogP contribution in [0.15, 0.2) is 12.1 Å². The van der Waals surface area contributed by atoms with Gasteiger partial charge in [-0.05, 0) is 18.6 Å². The van der Waals surface area contributed by atoms with Gasteiger partial charge in [0.05, 0.1) is 17.4 Å². The summed E-state index contributed by atoms with van der Waals surface area (Å²) in [7, 11) is 0. The van der Waals surface area contributed by atoms with Crippen LogP contribution in [0.25, 0.3) is 0 Å². The van der Waals surface area contributed by atoms with Crippen LogP contribution in [0.2, 0.25) is 0 Å². The average Bonchev–Trinajstić information content (AvgIpc) is 2.75. The normalized spacial score (nSPS) is 14.5. The number of aliphatic hydroxyl groups is 1. The van der Waals surface area contributed by atoms with E-state index in [9.17, 15) is 14.9 Å². The molecule has 1 heterocycles. The van der Waals surface area contributed by atoms with E-state index in [0.29, 0.717) is 36.6 Å². The van der Waals surface area contributed by atoms with Crippen LogP contribution in [0.5, 0.6) is 0 Å². The third-order valence-corrected chi connectivity index (χ3v) is 3.10. The molecule has 0 saturated carbocycles. The Kier molecular flexibility index (Phi) is 4.71. The molecular weight excluding hydrogens is 276 g/mol. The van der Waals surface area contributed by atoms with E-state index in [0.717, 1.165) is 0 Å². The van der Waals surface area contributed by atoms with Gasteiger partial charge in [-0.2, -0.15) is 0 Å². The minimum absolute atomic E-state index is 0.0409. The fourth-order valence-electron chi connectivity index (χ4n) is 2.15. The first kappa shape index (κ1) is 15.2. The Morgan fingerprint density at radius 1 is 1.48 bits per heavy atom. The summed E-state index contributed by atoms with van der Waals surface area (Å²) < 4.78 is 0. The summed E-state index contributed by atoms with van der Waals surface area (Å²) in [5, 5.41) is 28.9. The number of amides is 1. The predicted molar refractivity (Wildman–Crippen MR) is 78.5 cm³/mol. The van der Waals surface area contributed by atoms with E-state index in [4.69, 9.17) is 5.11 Å². The Hall–Kier alpha value is -2.19. The smallest absolute Gasteiger partial charge is 0.292 e. The molecule has 8 nitrogen and oxygen atoms in total. The fourth-order valence-corrected chi connectivity index (χ4v) is 2.15. The molecule has 0 saturated heterocycles. The lowest BCUT2D eigenvalue weighted by atomic mass is 10.1. The molecule has 0 aromatic heterocycles. The average molecular weight is 294 g/mol. The Morgan fingerprint density at radius 3 is 2.90 bits per heavy atom.